The second kappa shape index (κ2) is 56.9. The van der Waals surface area contributed by atoms with Gasteiger partial charge >= 0.3 is 17.9 Å². The van der Waals surface area contributed by atoms with Crippen LogP contribution in [0.3, 0.4) is 0 Å². The number of rotatable bonds is 51. The predicted octanol–water partition coefficient (Wildman–Crippen LogP) is 19.3. The highest BCUT2D eigenvalue weighted by Crippen LogP contribution is 2.15. The van der Waals surface area contributed by atoms with E-state index >= 15 is 0 Å². The van der Waals surface area contributed by atoms with E-state index in [0.29, 0.717) is 19.3 Å². The van der Waals surface area contributed by atoms with E-state index in [1.54, 1.807) is 0 Å². The number of hydrogen-bond donors (Lipinski definition) is 0. The van der Waals surface area contributed by atoms with Crippen LogP contribution in [0.1, 0.15) is 265 Å². The molecule has 0 amide bonds. The lowest BCUT2D eigenvalue weighted by atomic mass is 10.0. The Balaban J connectivity index is 4.27. The first-order chi connectivity index (χ1) is 34.0. The monoisotopic (exact) mass is 959 g/mol. The van der Waals surface area contributed by atoms with Crippen molar-refractivity contribution in [1.82, 2.24) is 0 Å². The van der Waals surface area contributed by atoms with Crippen LogP contribution in [0.15, 0.2) is 97.2 Å². The maximum atomic E-state index is 12.8. The lowest BCUT2D eigenvalue weighted by Gasteiger charge is -2.18. The predicted molar refractivity (Wildman–Crippen MR) is 297 cm³/mol. The summed E-state index contributed by atoms with van der Waals surface area (Å²) in [7, 11) is 0. The summed E-state index contributed by atoms with van der Waals surface area (Å²) in [5.74, 6) is -0.908. The number of hydrogen-bond acceptors (Lipinski definition) is 6. The molecular weight excluding hydrogens is 853 g/mol. The Hall–Kier alpha value is -3.67. The van der Waals surface area contributed by atoms with Crippen molar-refractivity contribution in [3.8, 4) is 0 Å². The SMILES string of the molecule is CC/C=C\C/C=C\C/C=C\C/C=C\C/C=C\C/C=C\C/C=C\C/C=C\CCCCCCC(=O)OCC(COC(=O)CCCCCCCCCCC)OC(=O)CCCCCCCCCCCCCCC. The van der Waals surface area contributed by atoms with Gasteiger partial charge in [0.25, 0.3) is 0 Å². The zero-order valence-electron chi connectivity index (χ0n) is 45.0. The first-order valence-corrected chi connectivity index (χ1v) is 28.7. The van der Waals surface area contributed by atoms with Gasteiger partial charge in [-0.15, -0.1) is 0 Å². The Bertz CT molecular complexity index is 1380. The molecule has 0 aliphatic heterocycles. The second-order valence-corrected chi connectivity index (χ2v) is 18.8. The fraction of sp³-hybridized carbons (Fsp3) is 0.698. The van der Waals surface area contributed by atoms with Crippen molar-refractivity contribution >= 4 is 17.9 Å². The minimum atomic E-state index is -0.784. The van der Waals surface area contributed by atoms with Crippen LogP contribution in [0.4, 0.5) is 0 Å². The van der Waals surface area contributed by atoms with Crippen molar-refractivity contribution in [1.29, 1.82) is 0 Å². The molecule has 0 N–H and O–H groups in total. The third-order valence-corrected chi connectivity index (χ3v) is 12.1. The van der Waals surface area contributed by atoms with Gasteiger partial charge in [-0.3, -0.25) is 14.4 Å². The molecule has 6 heteroatoms. The molecular formula is C63H106O6. The molecule has 0 heterocycles. The largest absolute Gasteiger partial charge is 0.462 e. The lowest BCUT2D eigenvalue weighted by Crippen LogP contribution is -2.30. The van der Waals surface area contributed by atoms with E-state index in [-0.39, 0.29) is 31.1 Å². The molecule has 0 aromatic carbocycles. The van der Waals surface area contributed by atoms with E-state index in [1.165, 1.54) is 103 Å². The number of carbonyl (C=O) groups is 3. The molecule has 0 aliphatic rings. The van der Waals surface area contributed by atoms with Gasteiger partial charge < -0.3 is 14.2 Å². The highest BCUT2D eigenvalue weighted by atomic mass is 16.6. The number of carbonyl (C=O) groups excluding carboxylic acids is 3. The summed E-state index contributed by atoms with van der Waals surface area (Å²) in [6.07, 6.45) is 75.5. The number of allylic oxidation sites excluding steroid dienone is 16. The van der Waals surface area contributed by atoms with Crippen LogP contribution in [0, 0.1) is 0 Å². The fourth-order valence-electron chi connectivity index (χ4n) is 7.81. The van der Waals surface area contributed by atoms with Gasteiger partial charge in [-0.2, -0.15) is 0 Å². The molecule has 0 spiro atoms. The van der Waals surface area contributed by atoms with E-state index in [0.717, 1.165) is 122 Å². The Kier molecular flexibility index (Phi) is 53.9. The van der Waals surface area contributed by atoms with Crippen LogP contribution in [0.25, 0.3) is 0 Å². The molecule has 0 bridgehead atoms. The molecule has 394 valence electrons. The van der Waals surface area contributed by atoms with Gasteiger partial charge in [0.15, 0.2) is 6.10 Å². The van der Waals surface area contributed by atoms with Gasteiger partial charge in [-0.05, 0) is 83.5 Å². The van der Waals surface area contributed by atoms with Crippen molar-refractivity contribution in [2.24, 2.45) is 0 Å². The molecule has 0 radical (unpaired) electrons. The van der Waals surface area contributed by atoms with Crippen LogP contribution in [-0.4, -0.2) is 37.2 Å². The van der Waals surface area contributed by atoms with E-state index in [1.807, 2.05) is 0 Å². The van der Waals surface area contributed by atoms with Crippen molar-refractivity contribution in [2.75, 3.05) is 13.2 Å². The molecule has 0 fully saturated rings. The van der Waals surface area contributed by atoms with Crippen molar-refractivity contribution in [3.05, 3.63) is 97.2 Å². The number of unbranched alkanes of at least 4 members (excludes halogenated alkanes) is 24. The Labute approximate surface area is 426 Å². The summed E-state index contributed by atoms with van der Waals surface area (Å²) in [5, 5.41) is 0. The summed E-state index contributed by atoms with van der Waals surface area (Å²) in [5.41, 5.74) is 0. The zero-order chi connectivity index (χ0) is 50.0. The smallest absolute Gasteiger partial charge is 0.306 e. The van der Waals surface area contributed by atoms with Gasteiger partial charge in [0.2, 0.25) is 0 Å². The molecule has 1 unspecified atom stereocenters. The molecule has 0 aromatic heterocycles. The summed E-state index contributed by atoms with van der Waals surface area (Å²) >= 11 is 0. The standard InChI is InChI=1S/C63H106O6/c1-4-7-10-13-16-19-21-23-24-25-26-27-28-29-30-31-32-33-34-35-36-37-38-40-41-44-47-50-53-56-62(65)68-59-60(58-67-61(64)55-52-49-46-43-18-15-12-9-6-3)69-63(66)57-54-51-48-45-42-39-22-20-17-14-11-8-5-2/h7,10,16,19,23-24,26-27,29-30,32-33,35-36,38,40,60H,4-6,8-9,11-15,17-18,20-22,25,28,31,34,37,39,41-59H2,1-3H3/b10-7-,19-16-,24-23-,27-26-,30-29-,33-32-,36-35-,40-38-. The van der Waals surface area contributed by atoms with E-state index < -0.39 is 6.10 Å². The second-order valence-electron chi connectivity index (χ2n) is 18.8. The Morgan fingerprint density at radius 1 is 0.304 bits per heavy atom. The molecule has 0 rings (SSSR count). The third kappa shape index (κ3) is 55.1. The van der Waals surface area contributed by atoms with E-state index in [2.05, 4.69) is 118 Å². The molecule has 0 aliphatic carbocycles. The lowest BCUT2D eigenvalue weighted by molar-refractivity contribution is -0.167. The van der Waals surface area contributed by atoms with Crippen LogP contribution in [0.2, 0.25) is 0 Å². The summed E-state index contributed by atoms with van der Waals surface area (Å²) in [4.78, 5) is 38.0. The zero-order valence-corrected chi connectivity index (χ0v) is 45.0. The van der Waals surface area contributed by atoms with Crippen LogP contribution in [-0.2, 0) is 28.6 Å². The average molecular weight is 960 g/mol. The van der Waals surface area contributed by atoms with Crippen molar-refractivity contribution in [2.45, 2.75) is 271 Å². The number of esters is 3. The van der Waals surface area contributed by atoms with Gasteiger partial charge in [0, 0.05) is 19.3 Å². The minimum Gasteiger partial charge on any atom is -0.462 e. The Morgan fingerprint density at radius 3 is 0.884 bits per heavy atom. The molecule has 0 saturated carbocycles. The van der Waals surface area contributed by atoms with Gasteiger partial charge in [-0.1, -0.05) is 259 Å². The summed E-state index contributed by atoms with van der Waals surface area (Å²) < 4.78 is 16.8. The quantitative estimate of drug-likeness (QED) is 0.0262. The maximum Gasteiger partial charge on any atom is 0.306 e. The van der Waals surface area contributed by atoms with E-state index in [9.17, 15) is 14.4 Å². The third-order valence-electron chi connectivity index (χ3n) is 12.1. The van der Waals surface area contributed by atoms with Gasteiger partial charge in [-0.25, -0.2) is 0 Å². The highest BCUT2D eigenvalue weighted by Gasteiger charge is 2.19. The minimum absolute atomic E-state index is 0.0827. The van der Waals surface area contributed by atoms with Crippen LogP contribution >= 0.6 is 0 Å². The average Bonchev–Trinajstić information content (AvgIpc) is 3.35. The maximum absolute atomic E-state index is 12.8. The van der Waals surface area contributed by atoms with Crippen molar-refractivity contribution < 1.29 is 28.6 Å². The molecule has 0 saturated heterocycles. The summed E-state index contributed by atoms with van der Waals surface area (Å²) in [6.45, 7) is 6.49. The van der Waals surface area contributed by atoms with E-state index in [4.69, 9.17) is 14.2 Å². The molecule has 69 heavy (non-hydrogen) atoms. The highest BCUT2D eigenvalue weighted by molar-refractivity contribution is 5.71. The van der Waals surface area contributed by atoms with Crippen LogP contribution in [0.5, 0.6) is 0 Å². The first kappa shape index (κ1) is 65.3. The molecule has 0 aromatic rings. The van der Waals surface area contributed by atoms with Gasteiger partial charge in [0.05, 0.1) is 0 Å². The van der Waals surface area contributed by atoms with Gasteiger partial charge in [0.1, 0.15) is 13.2 Å². The van der Waals surface area contributed by atoms with Crippen molar-refractivity contribution in [3.63, 3.8) is 0 Å². The normalized spacial score (nSPS) is 12.8. The summed E-state index contributed by atoms with van der Waals surface area (Å²) in [6, 6.07) is 0. The fourth-order valence-corrected chi connectivity index (χ4v) is 7.81. The topological polar surface area (TPSA) is 78.9 Å². The Morgan fingerprint density at radius 2 is 0.565 bits per heavy atom. The molecule has 6 nitrogen and oxygen atoms in total. The van der Waals surface area contributed by atoms with Crippen LogP contribution < -0.4 is 0 Å². The molecule has 1 atom stereocenters. The number of ether oxygens (including phenoxy) is 3. The first-order valence-electron chi connectivity index (χ1n) is 28.7.